The summed E-state index contributed by atoms with van der Waals surface area (Å²) in [6.07, 6.45) is 0.792. The lowest BCUT2D eigenvalue weighted by molar-refractivity contribution is -0.384. The lowest BCUT2D eigenvalue weighted by atomic mass is 10.1. The second kappa shape index (κ2) is 5.45. The smallest absolute Gasteiger partial charge is 0.293 e. The third-order valence-corrected chi connectivity index (χ3v) is 3.73. The summed E-state index contributed by atoms with van der Waals surface area (Å²) in [5.41, 5.74) is 1.39. The quantitative estimate of drug-likeness (QED) is 0.691. The third kappa shape index (κ3) is 2.74. The molecule has 6 heteroatoms. The van der Waals surface area contributed by atoms with E-state index in [0.29, 0.717) is 5.69 Å². The van der Waals surface area contributed by atoms with E-state index < -0.39 is 4.92 Å². The summed E-state index contributed by atoms with van der Waals surface area (Å²) in [5, 5.41) is 23.0. The van der Waals surface area contributed by atoms with Gasteiger partial charge in [0.1, 0.15) is 11.5 Å². The SMILES string of the molecule is N#Cc1ccc(N[C@@H]2C[C@H]2c2cccc(F)c2)c([N+](=O)[O-])c1. The summed E-state index contributed by atoms with van der Waals surface area (Å²) >= 11 is 0. The standard InChI is InChI=1S/C16H12FN3O2/c17-12-3-1-2-11(7-12)13-8-15(13)19-14-5-4-10(9-18)6-16(14)20(21)22/h1-7,13,15,19H,8H2/t13-,15+/m0/s1. The Hall–Kier alpha value is -2.94. The summed E-state index contributed by atoms with van der Waals surface area (Å²) in [6, 6.07) is 12.6. The van der Waals surface area contributed by atoms with Crippen molar-refractivity contribution in [1.82, 2.24) is 0 Å². The molecular formula is C16H12FN3O2. The molecular weight excluding hydrogens is 285 g/mol. The average molecular weight is 297 g/mol. The zero-order valence-corrected chi connectivity index (χ0v) is 11.5. The van der Waals surface area contributed by atoms with Crippen molar-refractivity contribution in [1.29, 1.82) is 5.26 Å². The number of nitro groups is 1. The van der Waals surface area contributed by atoms with E-state index in [1.54, 1.807) is 6.07 Å². The first-order valence-electron chi connectivity index (χ1n) is 6.79. The number of rotatable bonds is 4. The summed E-state index contributed by atoms with van der Waals surface area (Å²) in [7, 11) is 0. The Labute approximate surface area is 126 Å². The first-order valence-corrected chi connectivity index (χ1v) is 6.79. The van der Waals surface area contributed by atoms with Crippen molar-refractivity contribution < 1.29 is 9.31 Å². The number of nitrogens with one attached hydrogen (secondary N) is 1. The number of nitriles is 1. The van der Waals surface area contributed by atoms with Crippen LogP contribution in [-0.4, -0.2) is 11.0 Å². The van der Waals surface area contributed by atoms with E-state index in [1.165, 1.54) is 30.3 Å². The van der Waals surface area contributed by atoms with Crippen LogP contribution in [0.25, 0.3) is 0 Å². The summed E-state index contributed by atoms with van der Waals surface area (Å²) in [5.74, 6) is -0.140. The van der Waals surface area contributed by atoms with Crippen LogP contribution in [0.15, 0.2) is 42.5 Å². The number of nitro benzene ring substituents is 1. The van der Waals surface area contributed by atoms with Gasteiger partial charge in [-0.2, -0.15) is 5.26 Å². The molecule has 0 amide bonds. The fraction of sp³-hybridized carbons (Fsp3) is 0.188. The van der Waals surface area contributed by atoms with E-state index in [0.717, 1.165) is 12.0 Å². The second-order valence-corrected chi connectivity index (χ2v) is 5.25. The normalized spacial score (nSPS) is 19.3. The predicted molar refractivity (Wildman–Crippen MR) is 79.0 cm³/mol. The molecule has 5 nitrogen and oxygen atoms in total. The molecule has 2 aromatic rings. The van der Waals surface area contributed by atoms with Crippen molar-refractivity contribution in [3.63, 3.8) is 0 Å². The first-order chi connectivity index (χ1) is 10.6. The minimum atomic E-state index is -0.511. The Morgan fingerprint density at radius 1 is 1.32 bits per heavy atom. The third-order valence-electron chi connectivity index (χ3n) is 3.73. The van der Waals surface area contributed by atoms with Crippen molar-refractivity contribution >= 4 is 11.4 Å². The minimum Gasteiger partial charge on any atom is -0.376 e. The highest BCUT2D eigenvalue weighted by Crippen LogP contribution is 2.44. The van der Waals surface area contributed by atoms with Gasteiger partial charge in [0.15, 0.2) is 0 Å². The van der Waals surface area contributed by atoms with Gasteiger partial charge in [-0.1, -0.05) is 12.1 Å². The van der Waals surface area contributed by atoms with Gasteiger partial charge >= 0.3 is 0 Å². The molecule has 1 aliphatic rings. The van der Waals surface area contributed by atoms with E-state index in [9.17, 15) is 14.5 Å². The van der Waals surface area contributed by atoms with Crippen LogP contribution in [0.1, 0.15) is 23.5 Å². The van der Waals surface area contributed by atoms with Crippen LogP contribution in [0.4, 0.5) is 15.8 Å². The molecule has 0 bridgehead atoms. The maximum absolute atomic E-state index is 13.2. The molecule has 1 saturated carbocycles. The van der Waals surface area contributed by atoms with E-state index in [-0.39, 0.29) is 29.0 Å². The monoisotopic (exact) mass is 297 g/mol. The van der Waals surface area contributed by atoms with Gasteiger partial charge in [0.05, 0.1) is 16.6 Å². The molecule has 3 rings (SSSR count). The fourth-order valence-electron chi connectivity index (χ4n) is 2.53. The van der Waals surface area contributed by atoms with Crippen LogP contribution < -0.4 is 5.32 Å². The highest BCUT2D eigenvalue weighted by Gasteiger charge is 2.39. The van der Waals surface area contributed by atoms with E-state index in [2.05, 4.69) is 5.32 Å². The maximum Gasteiger partial charge on any atom is 0.293 e. The zero-order chi connectivity index (χ0) is 15.7. The number of hydrogen-bond acceptors (Lipinski definition) is 4. The van der Waals surface area contributed by atoms with Gasteiger partial charge in [0.25, 0.3) is 5.69 Å². The Balaban J connectivity index is 1.78. The molecule has 2 atom stereocenters. The van der Waals surface area contributed by atoms with Crippen LogP contribution in [0.3, 0.4) is 0 Å². The van der Waals surface area contributed by atoms with Gasteiger partial charge in [-0.15, -0.1) is 0 Å². The van der Waals surface area contributed by atoms with Crippen molar-refractivity contribution in [2.45, 2.75) is 18.4 Å². The Morgan fingerprint density at radius 3 is 2.82 bits per heavy atom. The predicted octanol–water partition coefficient (Wildman–Crippen LogP) is 3.57. The average Bonchev–Trinajstić information content (AvgIpc) is 3.26. The molecule has 0 heterocycles. The van der Waals surface area contributed by atoms with Gasteiger partial charge < -0.3 is 5.32 Å². The lowest BCUT2D eigenvalue weighted by Gasteiger charge is -2.07. The van der Waals surface area contributed by atoms with Gasteiger partial charge in [0.2, 0.25) is 0 Å². The van der Waals surface area contributed by atoms with Crippen molar-refractivity contribution in [3.05, 3.63) is 69.5 Å². The van der Waals surface area contributed by atoms with Crippen LogP contribution in [0.5, 0.6) is 0 Å². The van der Waals surface area contributed by atoms with E-state index >= 15 is 0 Å². The highest BCUT2D eigenvalue weighted by atomic mass is 19.1. The summed E-state index contributed by atoms with van der Waals surface area (Å²) in [4.78, 5) is 10.6. The maximum atomic E-state index is 13.2. The number of anilines is 1. The topological polar surface area (TPSA) is 79.0 Å². The van der Waals surface area contributed by atoms with Crippen LogP contribution in [0, 0.1) is 27.3 Å². The Bertz CT molecular complexity index is 785. The number of hydrogen-bond donors (Lipinski definition) is 1. The molecule has 1 aliphatic carbocycles. The van der Waals surface area contributed by atoms with Crippen LogP contribution >= 0.6 is 0 Å². The molecule has 0 saturated heterocycles. The number of halogens is 1. The molecule has 0 aliphatic heterocycles. The molecule has 0 radical (unpaired) electrons. The van der Waals surface area contributed by atoms with Crippen molar-refractivity contribution in [2.24, 2.45) is 0 Å². The van der Waals surface area contributed by atoms with Gasteiger partial charge in [-0.25, -0.2) is 4.39 Å². The summed E-state index contributed by atoms with van der Waals surface area (Å²) < 4.78 is 13.2. The van der Waals surface area contributed by atoms with E-state index in [4.69, 9.17) is 5.26 Å². The molecule has 0 aromatic heterocycles. The summed E-state index contributed by atoms with van der Waals surface area (Å²) in [6.45, 7) is 0. The van der Waals surface area contributed by atoms with Gasteiger partial charge in [0, 0.05) is 18.0 Å². The fourth-order valence-corrected chi connectivity index (χ4v) is 2.53. The van der Waals surface area contributed by atoms with Crippen LogP contribution in [-0.2, 0) is 0 Å². The Kier molecular flexibility index (Phi) is 3.47. The molecule has 1 N–H and O–H groups in total. The van der Waals surface area contributed by atoms with Crippen molar-refractivity contribution in [3.8, 4) is 6.07 Å². The van der Waals surface area contributed by atoms with Crippen molar-refractivity contribution in [2.75, 3.05) is 5.32 Å². The highest BCUT2D eigenvalue weighted by molar-refractivity contribution is 5.65. The lowest BCUT2D eigenvalue weighted by Crippen LogP contribution is -2.06. The molecule has 0 spiro atoms. The molecule has 22 heavy (non-hydrogen) atoms. The largest absolute Gasteiger partial charge is 0.376 e. The van der Waals surface area contributed by atoms with Gasteiger partial charge in [-0.3, -0.25) is 10.1 Å². The van der Waals surface area contributed by atoms with Gasteiger partial charge in [-0.05, 0) is 36.2 Å². The second-order valence-electron chi connectivity index (χ2n) is 5.25. The number of benzene rings is 2. The molecule has 2 aromatic carbocycles. The van der Waals surface area contributed by atoms with Crippen LogP contribution in [0.2, 0.25) is 0 Å². The zero-order valence-electron chi connectivity index (χ0n) is 11.5. The molecule has 110 valence electrons. The Morgan fingerprint density at radius 2 is 2.14 bits per heavy atom. The minimum absolute atomic E-state index is 0.0356. The van der Waals surface area contributed by atoms with E-state index in [1.807, 2.05) is 12.1 Å². The number of nitrogens with zero attached hydrogens (tertiary/aromatic N) is 2. The molecule has 0 unspecified atom stereocenters. The first kappa shape index (κ1) is 14.0. The molecule has 1 fully saturated rings.